The largest absolute Gasteiger partial charge is 0.463 e. The van der Waals surface area contributed by atoms with Gasteiger partial charge in [-0.15, -0.1) is 0 Å². The number of carbonyl (C=O) groups excluding carboxylic acids is 2. The topological polar surface area (TPSA) is 43.4 Å². The Labute approximate surface area is 196 Å². The molecule has 0 aromatic carbocycles. The van der Waals surface area contributed by atoms with Gasteiger partial charge in [0.15, 0.2) is 0 Å². The van der Waals surface area contributed by atoms with E-state index >= 15 is 0 Å². The van der Waals surface area contributed by atoms with Crippen LogP contribution in [0.4, 0.5) is 0 Å². The monoisotopic (exact) mass is 444 g/mol. The highest BCUT2D eigenvalue weighted by Crippen LogP contribution is 2.68. The molecule has 182 valence electrons. The third-order valence-corrected chi connectivity index (χ3v) is 10.9. The number of ether oxygens (including phenoxy) is 1. The number of carbonyl (C=O) groups is 2. The van der Waals surface area contributed by atoms with Gasteiger partial charge in [-0.2, -0.15) is 0 Å². The Morgan fingerprint density at radius 2 is 1.69 bits per heavy atom. The summed E-state index contributed by atoms with van der Waals surface area (Å²) in [6, 6.07) is 0. The smallest absolute Gasteiger partial charge is 0.302 e. The standard InChI is InChI=1S/C29H48O3/c1-18(2)8-7-9-19(3)23-10-11-24-22-17-27(31)26-16-21(32-20(4)30)12-14-29(26,6)25(22)13-15-28(23,24)5/h18-19,21-26H,7-17H2,1-6H3. The maximum atomic E-state index is 13.5. The Kier molecular flexibility index (Phi) is 6.87. The first-order chi connectivity index (χ1) is 15.1. The van der Waals surface area contributed by atoms with Crippen LogP contribution in [0.25, 0.3) is 0 Å². The number of hydrogen-bond acceptors (Lipinski definition) is 3. The summed E-state index contributed by atoms with van der Waals surface area (Å²) in [5.41, 5.74) is 0.537. The molecule has 0 aromatic heterocycles. The van der Waals surface area contributed by atoms with E-state index in [1.54, 1.807) is 0 Å². The fraction of sp³-hybridized carbons (Fsp3) is 0.931. The van der Waals surface area contributed by atoms with Gasteiger partial charge in [-0.3, -0.25) is 9.59 Å². The van der Waals surface area contributed by atoms with Gasteiger partial charge in [-0.1, -0.05) is 53.9 Å². The predicted molar refractivity (Wildman–Crippen MR) is 129 cm³/mol. The Balaban J connectivity index is 1.48. The van der Waals surface area contributed by atoms with Gasteiger partial charge in [-0.25, -0.2) is 0 Å². The van der Waals surface area contributed by atoms with Crippen LogP contribution in [0.15, 0.2) is 0 Å². The lowest BCUT2D eigenvalue weighted by atomic mass is 9.44. The van der Waals surface area contributed by atoms with Crippen LogP contribution in [0.2, 0.25) is 0 Å². The summed E-state index contributed by atoms with van der Waals surface area (Å²) in [4.78, 5) is 25.0. The van der Waals surface area contributed by atoms with E-state index in [4.69, 9.17) is 4.74 Å². The minimum Gasteiger partial charge on any atom is -0.463 e. The maximum absolute atomic E-state index is 13.5. The quantitative estimate of drug-likeness (QED) is 0.406. The summed E-state index contributed by atoms with van der Waals surface area (Å²) in [5, 5.41) is 0. The van der Waals surface area contributed by atoms with Crippen molar-refractivity contribution in [1.29, 1.82) is 0 Å². The van der Waals surface area contributed by atoms with Gasteiger partial charge >= 0.3 is 5.97 Å². The Morgan fingerprint density at radius 3 is 2.38 bits per heavy atom. The Morgan fingerprint density at radius 1 is 1.00 bits per heavy atom. The van der Waals surface area contributed by atoms with Gasteiger partial charge in [0.2, 0.25) is 0 Å². The normalized spacial score (nSPS) is 44.5. The molecule has 4 aliphatic rings. The van der Waals surface area contributed by atoms with Crippen molar-refractivity contribution >= 4 is 11.8 Å². The summed E-state index contributed by atoms with van der Waals surface area (Å²) in [7, 11) is 0. The zero-order chi connectivity index (χ0) is 23.3. The maximum Gasteiger partial charge on any atom is 0.302 e. The van der Waals surface area contributed by atoms with Gasteiger partial charge in [0.1, 0.15) is 11.9 Å². The summed E-state index contributed by atoms with van der Waals surface area (Å²) in [6.45, 7) is 13.7. The van der Waals surface area contributed by atoms with Gasteiger partial charge in [0.05, 0.1) is 0 Å². The van der Waals surface area contributed by atoms with E-state index < -0.39 is 0 Å². The molecule has 0 bridgehead atoms. The molecule has 9 atom stereocenters. The van der Waals surface area contributed by atoms with Crippen LogP contribution < -0.4 is 0 Å². The number of Topliss-reactive ketones (excluding diaryl/α,β-unsaturated/α-hetero) is 1. The van der Waals surface area contributed by atoms with E-state index in [0.717, 1.165) is 49.4 Å². The minimum atomic E-state index is -0.201. The number of ketones is 1. The molecule has 3 nitrogen and oxygen atoms in total. The van der Waals surface area contributed by atoms with Crippen LogP contribution in [0.1, 0.15) is 112 Å². The molecule has 0 radical (unpaired) electrons. The van der Waals surface area contributed by atoms with Crippen LogP contribution in [-0.2, 0) is 14.3 Å². The summed E-state index contributed by atoms with van der Waals surface area (Å²) >= 11 is 0. The van der Waals surface area contributed by atoms with E-state index in [1.165, 1.54) is 51.9 Å². The molecular formula is C29H48O3. The van der Waals surface area contributed by atoms with Crippen molar-refractivity contribution < 1.29 is 14.3 Å². The molecule has 9 unspecified atom stereocenters. The average molecular weight is 445 g/mol. The van der Waals surface area contributed by atoms with E-state index in [-0.39, 0.29) is 23.4 Å². The molecular weight excluding hydrogens is 396 g/mol. The highest BCUT2D eigenvalue weighted by Gasteiger charge is 2.62. The first kappa shape index (κ1) is 24.3. The van der Waals surface area contributed by atoms with E-state index in [9.17, 15) is 9.59 Å². The summed E-state index contributed by atoms with van der Waals surface area (Å²) in [6.07, 6.45) is 12.9. The molecule has 4 aliphatic carbocycles. The molecule has 3 heteroatoms. The van der Waals surface area contributed by atoms with Crippen LogP contribution in [0, 0.1) is 52.3 Å². The van der Waals surface area contributed by atoms with E-state index in [2.05, 4.69) is 34.6 Å². The molecule has 0 saturated heterocycles. The van der Waals surface area contributed by atoms with Crippen LogP contribution in [-0.4, -0.2) is 17.9 Å². The summed E-state index contributed by atoms with van der Waals surface area (Å²) in [5.74, 6) is 4.81. The molecule has 0 amide bonds. The molecule has 4 rings (SSSR count). The second-order valence-electron chi connectivity index (χ2n) is 13.1. The predicted octanol–water partition coefficient (Wildman–Crippen LogP) is 7.22. The molecule has 32 heavy (non-hydrogen) atoms. The number of hydrogen-bond donors (Lipinski definition) is 0. The number of rotatable bonds is 6. The number of fused-ring (bicyclic) bond motifs is 5. The van der Waals surface area contributed by atoms with Crippen molar-refractivity contribution in [2.75, 3.05) is 0 Å². The van der Waals surface area contributed by atoms with Gasteiger partial charge in [-0.05, 0) is 91.3 Å². The van der Waals surface area contributed by atoms with Gasteiger partial charge in [0.25, 0.3) is 0 Å². The van der Waals surface area contributed by atoms with Gasteiger partial charge < -0.3 is 4.74 Å². The van der Waals surface area contributed by atoms with Crippen molar-refractivity contribution in [3.05, 3.63) is 0 Å². The zero-order valence-electron chi connectivity index (χ0n) is 21.6. The van der Waals surface area contributed by atoms with Crippen LogP contribution in [0.5, 0.6) is 0 Å². The average Bonchev–Trinajstić information content (AvgIpc) is 3.06. The van der Waals surface area contributed by atoms with Crippen molar-refractivity contribution in [1.82, 2.24) is 0 Å². The van der Waals surface area contributed by atoms with Crippen molar-refractivity contribution in [2.24, 2.45) is 52.3 Å². The first-order valence-electron chi connectivity index (χ1n) is 13.8. The van der Waals surface area contributed by atoms with E-state index in [0.29, 0.717) is 23.0 Å². The first-order valence-corrected chi connectivity index (χ1v) is 13.8. The SMILES string of the molecule is CC(=O)OC1CCC2(C)C(C1)C(=O)CC1C2CCC2(C)C(C(C)CCCC(C)C)CCC12. The van der Waals surface area contributed by atoms with E-state index in [1.807, 2.05) is 0 Å². The fourth-order valence-corrected chi connectivity index (χ4v) is 9.37. The van der Waals surface area contributed by atoms with Crippen molar-refractivity contribution in [2.45, 2.75) is 118 Å². The molecule has 0 heterocycles. The zero-order valence-corrected chi connectivity index (χ0v) is 21.6. The molecule has 0 N–H and O–H groups in total. The lowest BCUT2D eigenvalue weighted by Gasteiger charge is -2.60. The Bertz CT molecular complexity index is 713. The van der Waals surface area contributed by atoms with Crippen molar-refractivity contribution in [3.63, 3.8) is 0 Å². The molecule has 0 aromatic rings. The highest BCUT2D eigenvalue weighted by molar-refractivity contribution is 5.83. The third kappa shape index (κ3) is 4.20. The molecule has 4 saturated carbocycles. The summed E-state index contributed by atoms with van der Waals surface area (Å²) < 4.78 is 5.55. The second-order valence-corrected chi connectivity index (χ2v) is 13.1. The second kappa shape index (κ2) is 9.06. The minimum absolute atomic E-state index is 0.0533. The highest BCUT2D eigenvalue weighted by atomic mass is 16.5. The lowest BCUT2D eigenvalue weighted by Crippen LogP contribution is -2.57. The van der Waals surface area contributed by atoms with Crippen LogP contribution >= 0.6 is 0 Å². The van der Waals surface area contributed by atoms with Crippen LogP contribution in [0.3, 0.4) is 0 Å². The lowest BCUT2D eigenvalue weighted by molar-refractivity contribution is -0.169. The van der Waals surface area contributed by atoms with Crippen molar-refractivity contribution in [3.8, 4) is 0 Å². The molecule has 0 spiro atoms. The molecule has 4 fully saturated rings. The van der Waals surface area contributed by atoms with Gasteiger partial charge in [0, 0.05) is 19.3 Å². The third-order valence-electron chi connectivity index (χ3n) is 10.9. The fourth-order valence-electron chi connectivity index (χ4n) is 9.37. The Hall–Kier alpha value is -0.860. The number of esters is 1. The molecule has 0 aliphatic heterocycles.